The summed E-state index contributed by atoms with van der Waals surface area (Å²) in [6.45, 7) is 12.2. The highest BCUT2D eigenvalue weighted by molar-refractivity contribution is 5.02. The summed E-state index contributed by atoms with van der Waals surface area (Å²) < 4.78 is 5.49. The van der Waals surface area contributed by atoms with Gasteiger partial charge >= 0.3 is 0 Å². The van der Waals surface area contributed by atoms with Crippen molar-refractivity contribution in [1.29, 1.82) is 0 Å². The fourth-order valence-electron chi connectivity index (χ4n) is 2.65. The molecule has 1 rings (SSSR count). The Bertz CT molecular complexity index is 193. The Morgan fingerprint density at radius 1 is 1.27 bits per heavy atom. The Morgan fingerprint density at radius 3 is 2.20 bits per heavy atom. The first-order valence-electron chi connectivity index (χ1n) is 6.17. The van der Waals surface area contributed by atoms with Crippen LogP contribution in [0.2, 0.25) is 0 Å². The van der Waals surface area contributed by atoms with Gasteiger partial charge in [0.05, 0.1) is 6.61 Å². The molecule has 0 spiro atoms. The lowest BCUT2D eigenvalue weighted by Gasteiger charge is -2.45. The lowest BCUT2D eigenvalue weighted by atomic mass is 9.63. The predicted octanol–water partition coefficient (Wildman–Crippen LogP) is 2.68. The molecule has 1 N–H and O–H groups in total. The molecule has 2 nitrogen and oxygen atoms in total. The molecule has 0 amide bonds. The van der Waals surface area contributed by atoms with E-state index in [0.29, 0.717) is 10.8 Å². The molecular weight excluding hydrogens is 186 g/mol. The Balaban J connectivity index is 2.78. The third-order valence-corrected chi connectivity index (χ3v) is 3.94. The quantitative estimate of drug-likeness (QED) is 0.732. The summed E-state index contributed by atoms with van der Waals surface area (Å²) in [5, 5.41) is 3.52. The lowest BCUT2D eigenvalue weighted by molar-refractivity contribution is -0.0239. The zero-order chi connectivity index (χ0) is 11.5. The average Bonchev–Trinajstić information content (AvgIpc) is 2.93. The van der Waals surface area contributed by atoms with E-state index >= 15 is 0 Å². The van der Waals surface area contributed by atoms with Crippen molar-refractivity contribution in [3.63, 3.8) is 0 Å². The first-order chi connectivity index (χ1) is 6.98. The van der Waals surface area contributed by atoms with Crippen LogP contribution in [-0.4, -0.2) is 26.8 Å². The van der Waals surface area contributed by atoms with E-state index in [9.17, 15) is 0 Å². The minimum atomic E-state index is 0.312. The Kier molecular flexibility index (Phi) is 4.19. The van der Waals surface area contributed by atoms with Crippen molar-refractivity contribution in [3.8, 4) is 0 Å². The average molecular weight is 213 g/mol. The molecule has 2 heteroatoms. The van der Waals surface area contributed by atoms with Crippen LogP contribution in [0.5, 0.6) is 0 Å². The molecule has 0 saturated heterocycles. The summed E-state index contributed by atoms with van der Waals surface area (Å²) in [6, 6.07) is 0. The highest BCUT2D eigenvalue weighted by Gasteiger charge is 2.52. The van der Waals surface area contributed by atoms with Gasteiger partial charge in [0.15, 0.2) is 0 Å². The second-order valence-corrected chi connectivity index (χ2v) is 5.89. The van der Waals surface area contributed by atoms with E-state index in [2.05, 4.69) is 33.0 Å². The third-order valence-electron chi connectivity index (χ3n) is 3.94. The maximum Gasteiger partial charge on any atom is 0.0538 e. The monoisotopic (exact) mass is 213 g/mol. The molecule has 0 bridgehead atoms. The number of ether oxygens (including phenoxy) is 1. The van der Waals surface area contributed by atoms with Crippen LogP contribution in [0.4, 0.5) is 0 Å². The van der Waals surface area contributed by atoms with Crippen molar-refractivity contribution in [2.75, 3.05) is 26.8 Å². The zero-order valence-electron chi connectivity index (χ0n) is 11.0. The SMILES string of the molecule is CCNCC(COC)(C1CC1)C(C)(C)C. The highest BCUT2D eigenvalue weighted by atomic mass is 16.5. The van der Waals surface area contributed by atoms with Gasteiger partial charge in [-0.1, -0.05) is 27.7 Å². The van der Waals surface area contributed by atoms with Crippen LogP contribution < -0.4 is 5.32 Å². The highest BCUT2D eigenvalue weighted by Crippen LogP contribution is 2.54. The van der Waals surface area contributed by atoms with E-state index in [-0.39, 0.29) is 0 Å². The van der Waals surface area contributed by atoms with Gasteiger partial charge < -0.3 is 10.1 Å². The second kappa shape index (κ2) is 4.84. The molecule has 0 radical (unpaired) electrons. The maximum absolute atomic E-state index is 5.49. The molecule has 0 aromatic rings. The molecule has 0 aromatic heterocycles. The standard InChI is InChI=1S/C13H27NO/c1-6-14-9-13(10-15-5,11-7-8-11)12(2,3)4/h11,14H,6-10H2,1-5H3. The molecular formula is C13H27NO. The summed E-state index contributed by atoms with van der Waals surface area (Å²) in [5.41, 5.74) is 0.629. The molecule has 1 aliphatic rings. The van der Waals surface area contributed by atoms with Gasteiger partial charge in [-0.3, -0.25) is 0 Å². The van der Waals surface area contributed by atoms with Crippen molar-refractivity contribution in [1.82, 2.24) is 5.32 Å². The van der Waals surface area contributed by atoms with Crippen LogP contribution >= 0.6 is 0 Å². The first-order valence-corrected chi connectivity index (χ1v) is 6.17. The molecule has 0 aliphatic heterocycles. The summed E-state index contributed by atoms with van der Waals surface area (Å²) in [4.78, 5) is 0. The van der Waals surface area contributed by atoms with Crippen LogP contribution in [0.15, 0.2) is 0 Å². The second-order valence-electron chi connectivity index (χ2n) is 5.89. The van der Waals surface area contributed by atoms with Gasteiger partial charge in [0, 0.05) is 19.1 Å². The Morgan fingerprint density at radius 2 is 1.87 bits per heavy atom. The summed E-state index contributed by atoms with van der Waals surface area (Å²) in [5.74, 6) is 0.858. The summed E-state index contributed by atoms with van der Waals surface area (Å²) >= 11 is 0. The third kappa shape index (κ3) is 2.73. The minimum absolute atomic E-state index is 0.312. The van der Waals surface area contributed by atoms with Crippen LogP contribution in [0, 0.1) is 16.7 Å². The van der Waals surface area contributed by atoms with Crippen molar-refractivity contribution in [2.24, 2.45) is 16.7 Å². The lowest BCUT2D eigenvalue weighted by Crippen LogP contribution is -2.49. The van der Waals surface area contributed by atoms with E-state index in [1.165, 1.54) is 12.8 Å². The molecule has 1 fully saturated rings. The zero-order valence-corrected chi connectivity index (χ0v) is 11.0. The van der Waals surface area contributed by atoms with Gasteiger partial charge in [0.1, 0.15) is 0 Å². The van der Waals surface area contributed by atoms with E-state index in [0.717, 1.165) is 25.6 Å². The first kappa shape index (κ1) is 13.0. The largest absolute Gasteiger partial charge is 0.384 e. The van der Waals surface area contributed by atoms with E-state index < -0.39 is 0 Å². The number of methoxy groups -OCH3 is 1. The topological polar surface area (TPSA) is 21.3 Å². The van der Waals surface area contributed by atoms with Gasteiger partial charge in [-0.15, -0.1) is 0 Å². The van der Waals surface area contributed by atoms with Crippen molar-refractivity contribution in [3.05, 3.63) is 0 Å². The van der Waals surface area contributed by atoms with E-state index in [1.54, 1.807) is 0 Å². The fourth-order valence-corrected chi connectivity index (χ4v) is 2.65. The van der Waals surface area contributed by atoms with Crippen molar-refractivity contribution < 1.29 is 4.74 Å². The molecule has 0 heterocycles. The van der Waals surface area contributed by atoms with E-state index in [4.69, 9.17) is 4.74 Å². The smallest absolute Gasteiger partial charge is 0.0538 e. The number of nitrogens with one attached hydrogen (secondary N) is 1. The Hall–Kier alpha value is -0.0800. The maximum atomic E-state index is 5.49. The van der Waals surface area contributed by atoms with Gasteiger partial charge in [-0.25, -0.2) is 0 Å². The molecule has 15 heavy (non-hydrogen) atoms. The predicted molar refractivity (Wildman–Crippen MR) is 65.0 cm³/mol. The minimum Gasteiger partial charge on any atom is -0.384 e. The summed E-state index contributed by atoms with van der Waals surface area (Å²) in [6.07, 6.45) is 2.76. The number of hydrogen-bond acceptors (Lipinski definition) is 2. The molecule has 90 valence electrons. The molecule has 0 aromatic carbocycles. The molecule has 1 aliphatic carbocycles. The van der Waals surface area contributed by atoms with Crippen LogP contribution in [0.3, 0.4) is 0 Å². The molecule has 1 unspecified atom stereocenters. The Labute approximate surface area is 94.8 Å². The van der Waals surface area contributed by atoms with Crippen LogP contribution in [-0.2, 0) is 4.74 Å². The van der Waals surface area contributed by atoms with Crippen molar-refractivity contribution >= 4 is 0 Å². The van der Waals surface area contributed by atoms with Crippen LogP contribution in [0.25, 0.3) is 0 Å². The van der Waals surface area contributed by atoms with E-state index in [1.807, 2.05) is 7.11 Å². The van der Waals surface area contributed by atoms with Gasteiger partial charge in [0.25, 0.3) is 0 Å². The summed E-state index contributed by atoms with van der Waals surface area (Å²) in [7, 11) is 1.83. The van der Waals surface area contributed by atoms with Gasteiger partial charge in [-0.05, 0) is 30.7 Å². The molecule has 1 atom stereocenters. The van der Waals surface area contributed by atoms with Crippen molar-refractivity contribution in [2.45, 2.75) is 40.5 Å². The fraction of sp³-hybridized carbons (Fsp3) is 1.00. The van der Waals surface area contributed by atoms with Gasteiger partial charge in [0.2, 0.25) is 0 Å². The number of hydrogen-bond donors (Lipinski definition) is 1. The van der Waals surface area contributed by atoms with Crippen LogP contribution in [0.1, 0.15) is 40.5 Å². The molecule has 1 saturated carbocycles. The normalized spacial score (nSPS) is 21.4. The number of rotatable bonds is 6. The van der Waals surface area contributed by atoms with Gasteiger partial charge in [-0.2, -0.15) is 0 Å².